The van der Waals surface area contributed by atoms with Crippen molar-refractivity contribution in [2.45, 2.75) is 6.04 Å². The first-order valence-electron chi connectivity index (χ1n) is 9.36. The first kappa shape index (κ1) is 26.3. The Bertz CT molecular complexity index is 725. The lowest BCUT2D eigenvalue weighted by atomic mass is 9.96. The van der Waals surface area contributed by atoms with Gasteiger partial charge in [0.2, 0.25) is 5.91 Å². The molecule has 5 nitrogen and oxygen atoms in total. The Balaban J connectivity index is 0.00000225. The van der Waals surface area contributed by atoms with Gasteiger partial charge in [-0.15, -0.1) is 24.8 Å². The van der Waals surface area contributed by atoms with Crippen LogP contribution in [0.5, 0.6) is 0 Å². The second-order valence-corrected chi connectivity index (χ2v) is 6.90. The number of halogens is 4. The fraction of sp³-hybridized carbons (Fsp3) is 0.381. The molecule has 0 spiro atoms. The molecule has 9 heteroatoms. The molecule has 3 rings (SSSR count). The number of carbonyl (C=O) groups excluding carboxylic acids is 1. The maximum absolute atomic E-state index is 13.4. The zero-order valence-corrected chi connectivity index (χ0v) is 18.1. The lowest BCUT2D eigenvalue weighted by Crippen LogP contribution is -2.48. The quantitative estimate of drug-likeness (QED) is 0.613. The minimum absolute atomic E-state index is 0. The van der Waals surface area contributed by atoms with Crippen molar-refractivity contribution < 1.29 is 18.3 Å². The van der Waals surface area contributed by atoms with E-state index in [2.05, 4.69) is 9.80 Å². The normalized spacial score (nSPS) is 14.8. The van der Waals surface area contributed by atoms with Crippen LogP contribution in [0.2, 0.25) is 0 Å². The standard InChI is InChI=1S/C21H25F2N3O2.2ClH/c22-18-5-1-16(2-6-18)21(17-3-7-19(23)8-4-17)26-11-9-25(10-12-26)13-14-28-15-20(24)27;;/h1-8,21H,9-15H2,(H2,24,27);2*1H. The first-order valence-corrected chi connectivity index (χ1v) is 9.36. The Morgan fingerprint density at radius 2 is 1.37 bits per heavy atom. The molecular formula is C21H27Cl2F2N3O2. The van der Waals surface area contributed by atoms with Gasteiger partial charge >= 0.3 is 0 Å². The number of hydrogen-bond donors (Lipinski definition) is 1. The Labute approximate surface area is 188 Å². The minimum Gasteiger partial charge on any atom is -0.370 e. The van der Waals surface area contributed by atoms with Gasteiger partial charge in [0.05, 0.1) is 12.6 Å². The van der Waals surface area contributed by atoms with Crippen LogP contribution in [-0.2, 0) is 9.53 Å². The van der Waals surface area contributed by atoms with Crippen molar-refractivity contribution in [1.29, 1.82) is 0 Å². The molecule has 2 N–H and O–H groups in total. The van der Waals surface area contributed by atoms with Crippen molar-refractivity contribution in [3.63, 3.8) is 0 Å². The number of rotatable bonds is 8. The number of nitrogens with two attached hydrogens (primary N) is 1. The van der Waals surface area contributed by atoms with Gasteiger partial charge in [-0.25, -0.2) is 8.78 Å². The van der Waals surface area contributed by atoms with E-state index in [1.807, 2.05) is 0 Å². The summed E-state index contributed by atoms with van der Waals surface area (Å²) in [5.74, 6) is -1.02. The van der Waals surface area contributed by atoms with Crippen LogP contribution in [0.3, 0.4) is 0 Å². The third-order valence-electron chi connectivity index (χ3n) is 4.94. The van der Waals surface area contributed by atoms with Gasteiger partial charge in [0.1, 0.15) is 18.2 Å². The van der Waals surface area contributed by atoms with Crippen LogP contribution in [-0.4, -0.2) is 61.6 Å². The molecule has 0 saturated carbocycles. The summed E-state index contributed by atoms with van der Waals surface area (Å²) in [4.78, 5) is 15.3. The zero-order valence-electron chi connectivity index (χ0n) is 16.5. The first-order chi connectivity index (χ1) is 13.5. The summed E-state index contributed by atoms with van der Waals surface area (Å²) in [5.41, 5.74) is 7.02. The lowest BCUT2D eigenvalue weighted by Gasteiger charge is -2.39. The zero-order chi connectivity index (χ0) is 19.9. The van der Waals surface area contributed by atoms with Crippen molar-refractivity contribution >= 4 is 30.7 Å². The van der Waals surface area contributed by atoms with E-state index in [4.69, 9.17) is 10.5 Å². The van der Waals surface area contributed by atoms with Crippen molar-refractivity contribution in [2.75, 3.05) is 45.9 Å². The molecule has 166 valence electrons. The van der Waals surface area contributed by atoms with E-state index < -0.39 is 5.91 Å². The number of primary amides is 1. The van der Waals surface area contributed by atoms with Gasteiger partial charge in [-0.05, 0) is 35.4 Å². The highest BCUT2D eigenvalue weighted by Crippen LogP contribution is 2.30. The Hall–Kier alpha value is -1.77. The van der Waals surface area contributed by atoms with E-state index in [0.29, 0.717) is 6.61 Å². The Kier molecular flexibility index (Phi) is 11.2. The molecule has 2 aromatic rings. The van der Waals surface area contributed by atoms with Gasteiger partial charge in [-0.1, -0.05) is 24.3 Å². The highest BCUT2D eigenvalue weighted by molar-refractivity contribution is 5.85. The maximum Gasteiger partial charge on any atom is 0.243 e. The van der Waals surface area contributed by atoms with Crippen molar-refractivity contribution in [2.24, 2.45) is 5.73 Å². The van der Waals surface area contributed by atoms with Crippen molar-refractivity contribution in [3.8, 4) is 0 Å². The van der Waals surface area contributed by atoms with E-state index >= 15 is 0 Å². The number of nitrogens with zero attached hydrogens (tertiary/aromatic N) is 2. The molecule has 0 radical (unpaired) electrons. The smallest absolute Gasteiger partial charge is 0.243 e. The molecule has 0 bridgehead atoms. The largest absolute Gasteiger partial charge is 0.370 e. The van der Waals surface area contributed by atoms with Gasteiger partial charge in [-0.2, -0.15) is 0 Å². The third kappa shape index (κ3) is 7.49. The summed E-state index contributed by atoms with van der Waals surface area (Å²) in [5, 5.41) is 0. The summed E-state index contributed by atoms with van der Waals surface area (Å²) >= 11 is 0. The maximum atomic E-state index is 13.4. The van der Waals surface area contributed by atoms with Gasteiger partial charge < -0.3 is 10.5 Å². The van der Waals surface area contributed by atoms with Crippen LogP contribution in [0.25, 0.3) is 0 Å². The number of hydrogen-bond acceptors (Lipinski definition) is 4. The van der Waals surface area contributed by atoms with E-state index in [0.717, 1.165) is 43.9 Å². The monoisotopic (exact) mass is 461 g/mol. The number of carbonyl (C=O) groups is 1. The molecule has 0 unspecified atom stereocenters. The van der Waals surface area contributed by atoms with Crippen LogP contribution < -0.4 is 5.73 Å². The fourth-order valence-corrected chi connectivity index (χ4v) is 3.52. The molecular weight excluding hydrogens is 435 g/mol. The van der Waals surface area contributed by atoms with E-state index in [-0.39, 0.29) is 49.1 Å². The van der Waals surface area contributed by atoms with Gasteiger partial charge in [-0.3, -0.25) is 14.6 Å². The molecule has 30 heavy (non-hydrogen) atoms. The topological polar surface area (TPSA) is 58.8 Å². The molecule has 0 atom stereocenters. The number of benzene rings is 2. The molecule has 0 aromatic heterocycles. The van der Waals surface area contributed by atoms with Gasteiger partial charge in [0.15, 0.2) is 0 Å². The number of ether oxygens (including phenoxy) is 1. The van der Waals surface area contributed by atoms with E-state index in [1.165, 1.54) is 24.3 Å². The third-order valence-corrected chi connectivity index (χ3v) is 4.94. The highest BCUT2D eigenvalue weighted by atomic mass is 35.5. The van der Waals surface area contributed by atoms with Crippen LogP contribution in [0.4, 0.5) is 8.78 Å². The molecule has 1 aliphatic heterocycles. The number of piperazine rings is 1. The Morgan fingerprint density at radius 3 is 1.80 bits per heavy atom. The predicted molar refractivity (Wildman–Crippen MR) is 117 cm³/mol. The van der Waals surface area contributed by atoms with E-state index in [9.17, 15) is 13.6 Å². The SMILES string of the molecule is Cl.Cl.NC(=O)COCCN1CCN(C(c2ccc(F)cc2)c2ccc(F)cc2)CC1. The molecule has 2 aromatic carbocycles. The molecule has 0 aliphatic carbocycles. The Morgan fingerprint density at radius 1 is 0.900 bits per heavy atom. The predicted octanol–water partition coefficient (Wildman–Crippen LogP) is 3.02. The fourth-order valence-electron chi connectivity index (χ4n) is 3.52. The molecule has 1 saturated heterocycles. The summed E-state index contributed by atoms with van der Waals surface area (Å²) in [6, 6.07) is 12.9. The minimum atomic E-state index is -0.466. The van der Waals surface area contributed by atoms with Crippen LogP contribution in [0, 0.1) is 11.6 Å². The average molecular weight is 462 g/mol. The highest BCUT2D eigenvalue weighted by Gasteiger charge is 2.26. The second kappa shape index (κ2) is 12.8. The number of amides is 1. The molecule has 1 fully saturated rings. The summed E-state index contributed by atoms with van der Waals surface area (Å²) < 4.78 is 32.0. The second-order valence-electron chi connectivity index (χ2n) is 6.90. The van der Waals surface area contributed by atoms with E-state index in [1.54, 1.807) is 24.3 Å². The summed E-state index contributed by atoms with van der Waals surface area (Å²) in [6.07, 6.45) is 0. The van der Waals surface area contributed by atoms with Crippen molar-refractivity contribution in [3.05, 3.63) is 71.3 Å². The van der Waals surface area contributed by atoms with Crippen LogP contribution in [0.1, 0.15) is 17.2 Å². The molecule has 1 heterocycles. The lowest BCUT2D eigenvalue weighted by molar-refractivity contribution is -0.122. The van der Waals surface area contributed by atoms with Crippen LogP contribution in [0.15, 0.2) is 48.5 Å². The van der Waals surface area contributed by atoms with Gasteiger partial charge in [0.25, 0.3) is 0 Å². The van der Waals surface area contributed by atoms with Crippen molar-refractivity contribution in [1.82, 2.24) is 9.80 Å². The summed E-state index contributed by atoms with van der Waals surface area (Å²) in [7, 11) is 0. The van der Waals surface area contributed by atoms with Crippen LogP contribution >= 0.6 is 24.8 Å². The average Bonchev–Trinajstić information content (AvgIpc) is 2.69. The van der Waals surface area contributed by atoms with Gasteiger partial charge in [0, 0.05) is 32.7 Å². The molecule has 1 amide bonds. The summed E-state index contributed by atoms with van der Waals surface area (Å²) in [6.45, 7) is 4.46. The molecule has 1 aliphatic rings.